The van der Waals surface area contributed by atoms with Crippen LogP contribution < -0.4 is 10.6 Å². The number of anilines is 1. The van der Waals surface area contributed by atoms with E-state index in [1.165, 1.54) is 36.0 Å². The first kappa shape index (κ1) is 18.0. The summed E-state index contributed by atoms with van der Waals surface area (Å²) in [5, 5.41) is 5.54. The summed E-state index contributed by atoms with van der Waals surface area (Å²) in [7, 11) is 0. The lowest BCUT2D eigenvalue weighted by Crippen LogP contribution is -2.28. The summed E-state index contributed by atoms with van der Waals surface area (Å²) in [4.78, 5) is 23.7. The van der Waals surface area contributed by atoms with Gasteiger partial charge in [-0.25, -0.2) is 4.39 Å². The van der Waals surface area contributed by atoms with E-state index in [0.717, 1.165) is 5.56 Å². The largest absolute Gasteiger partial charge is 0.349 e. The molecule has 0 aromatic heterocycles. The number of rotatable bonds is 7. The Morgan fingerprint density at radius 2 is 1.62 bits per heavy atom. The van der Waals surface area contributed by atoms with Crippen molar-refractivity contribution in [1.82, 2.24) is 5.32 Å². The van der Waals surface area contributed by atoms with Gasteiger partial charge in [-0.3, -0.25) is 9.59 Å². The maximum Gasteiger partial charge on any atom is 0.234 e. The zero-order chi connectivity index (χ0) is 17.4. The number of halogens is 1. The highest BCUT2D eigenvalue weighted by molar-refractivity contribution is 8.00. The molecular formula is C18H19FN2O2S. The first-order chi connectivity index (χ1) is 11.5. The number of hydrogen-bond donors (Lipinski definition) is 2. The van der Waals surface area contributed by atoms with Gasteiger partial charge < -0.3 is 10.6 Å². The maximum absolute atomic E-state index is 12.8. The van der Waals surface area contributed by atoms with Crippen molar-refractivity contribution in [2.75, 3.05) is 16.8 Å². The van der Waals surface area contributed by atoms with Crippen LogP contribution in [0.4, 0.5) is 10.1 Å². The molecule has 0 bridgehead atoms. The maximum atomic E-state index is 12.8. The van der Waals surface area contributed by atoms with E-state index in [1.54, 1.807) is 0 Å². The SMILES string of the molecule is CC(NC(=O)CSCC(=O)Nc1ccc(F)cc1)c1ccccc1. The minimum absolute atomic E-state index is 0.0765. The Balaban J connectivity index is 1.68. The van der Waals surface area contributed by atoms with E-state index in [2.05, 4.69) is 10.6 Å². The predicted octanol–water partition coefficient (Wildman–Crippen LogP) is 3.37. The van der Waals surface area contributed by atoms with Crippen LogP contribution in [0, 0.1) is 5.82 Å². The summed E-state index contributed by atoms with van der Waals surface area (Å²) in [6, 6.07) is 15.1. The molecule has 24 heavy (non-hydrogen) atoms. The Morgan fingerprint density at radius 3 is 2.29 bits per heavy atom. The van der Waals surface area contributed by atoms with Gasteiger partial charge in [-0.2, -0.15) is 0 Å². The van der Waals surface area contributed by atoms with Crippen LogP contribution >= 0.6 is 11.8 Å². The Morgan fingerprint density at radius 1 is 1.00 bits per heavy atom. The molecule has 0 saturated heterocycles. The highest BCUT2D eigenvalue weighted by atomic mass is 32.2. The highest BCUT2D eigenvalue weighted by Gasteiger charge is 2.10. The summed E-state index contributed by atoms with van der Waals surface area (Å²) < 4.78 is 12.8. The molecule has 2 rings (SSSR count). The van der Waals surface area contributed by atoms with Crippen molar-refractivity contribution in [2.45, 2.75) is 13.0 Å². The highest BCUT2D eigenvalue weighted by Crippen LogP contribution is 2.12. The lowest BCUT2D eigenvalue weighted by molar-refractivity contribution is -0.119. The van der Waals surface area contributed by atoms with Gasteiger partial charge in [0.25, 0.3) is 0 Å². The first-order valence-corrected chi connectivity index (χ1v) is 8.67. The second kappa shape index (κ2) is 9.08. The molecule has 2 N–H and O–H groups in total. The minimum atomic E-state index is -0.355. The van der Waals surface area contributed by atoms with Gasteiger partial charge in [0, 0.05) is 5.69 Å². The van der Waals surface area contributed by atoms with E-state index in [0.29, 0.717) is 5.69 Å². The van der Waals surface area contributed by atoms with Crippen LogP contribution in [0.1, 0.15) is 18.5 Å². The molecule has 1 unspecified atom stereocenters. The summed E-state index contributed by atoms with van der Waals surface area (Å²) in [6.07, 6.45) is 0. The molecule has 0 fully saturated rings. The lowest BCUT2D eigenvalue weighted by Gasteiger charge is -2.14. The topological polar surface area (TPSA) is 58.2 Å². The predicted molar refractivity (Wildman–Crippen MR) is 95.4 cm³/mol. The van der Waals surface area contributed by atoms with Crippen LogP contribution in [0.5, 0.6) is 0 Å². The van der Waals surface area contributed by atoms with Gasteiger partial charge in [0.1, 0.15) is 5.82 Å². The van der Waals surface area contributed by atoms with E-state index in [1.807, 2.05) is 37.3 Å². The molecule has 2 amide bonds. The van der Waals surface area contributed by atoms with Crippen molar-refractivity contribution < 1.29 is 14.0 Å². The number of carbonyl (C=O) groups excluding carboxylic acids is 2. The molecule has 0 aliphatic carbocycles. The van der Waals surface area contributed by atoms with Crippen LogP contribution in [-0.2, 0) is 9.59 Å². The molecule has 2 aromatic rings. The molecule has 0 heterocycles. The number of benzene rings is 2. The van der Waals surface area contributed by atoms with E-state index in [9.17, 15) is 14.0 Å². The van der Waals surface area contributed by atoms with Crippen molar-refractivity contribution in [2.24, 2.45) is 0 Å². The Kier molecular flexibility index (Phi) is 6.81. The fraction of sp³-hybridized carbons (Fsp3) is 0.222. The lowest BCUT2D eigenvalue weighted by atomic mass is 10.1. The van der Waals surface area contributed by atoms with Crippen LogP contribution in [0.3, 0.4) is 0 Å². The van der Waals surface area contributed by atoms with Gasteiger partial charge in [0.15, 0.2) is 0 Å². The monoisotopic (exact) mass is 346 g/mol. The van der Waals surface area contributed by atoms with Gasteiger partial charge in [-0.05, 0) is 36.8 Å². The number of carbonyl (C=O) groups is 2. The average Bonchev–Trinajstić information content (AvgIpc) is 2.57. The fourth-order valence-corrected chi connectivity index (χ4v) is 2.70. The molecule has 0 saturated carbocycles. The quantitative estimate of drug-likeness (QED) is 0.808. The smallest absolute Gasteiger partial charge is 0.234 e. The number of hydrogen-bond acceptors (Lipinski definition) is 3. The third-order valence-electron chi connectivity index (χ3n) is 3.27. The molecule has 0 aliphatic rings. The van der Waals surface area contributed by atoms with Gasteiger partial charge in [-0.15, -0.1) is 11.8 Å². The van der Waals surface area contributed by atoms with E-state index >= 15 is 0 Å². The standard InChI is InChI=1S/C18H19FN2O2S/c1-13(14-5-3-2-4-6-14)20-17(22)11-24-12-18(23)21-16-9-7-15(19)8-10-16/h2-10,13H,11-12H2,1H3,(H,20,22)(H,21,23). The average molecular weight is 346 g/mol. The van der Waals surface area contributed by atoms with Crippen LogP contribution in [0.25, 0.3) is 0 Å². The molecule has 4 nitrogen and oxygen atoms in total. The molecule has 0 aliphatic heterocycles. The van der Waals surface area contributed by atoms with Crippen molar-refractivity contribution in [3.8, 4) is 0 Å². The second-order valence-corrected chi connectivity index (χ2v) is 6.23. The van der Waals surface area contributed by atoms with Gasteiger partial charge in [-0.1, -0.05) is 30.3 Å². The van der Waals surface area contributed by atoms with Gasteiger partial charge in [0.2, 0.25) is 11.8 Å². The van der Waals surface area contributed by atoms with Crippen LogP contribution in [-0.4, -0.2) is 23.3 Å². The zero-order valence-electron chi connectivity index (χ0n) is 13.3. The molecule has 0 spiro atoms. The number of thioether (sulfide) groups is 1. The van der Waals surface area contributed by atoms with E-state index < -0.39 is 0 Å². The Bertz CT molecular complexity index is 677. The van der Waals surface area contributed by atoms with Crippen molar-refractivity contribution in [3.05, 3.63) is 66.0 Å². The molecule has 6 heteroatoms. The Hall–Kier alpha value is -2.34. The van der Waals surface area contributed by atoms with E-state index in [4.69, 9.17) is 0 Å². The second-order valence-electron chi connectivity index (χ2n) is 5.25. The van der Waals surface area contributed by atoms with Gasteiger partial charge in [0.05, 0.1) is 17.5 Å². The Labute approximate surface area is 144 Å². The van der Waals surface area contributed by atoms with Crippen LogP contribution in [0.2, 0.25) is 0 Å². The third kappa shape index (κ3) is 6.04. The van der Waals surface area contributed by atoms with Gasteiger partial charge >= 0.3 is 0 Å². The molecule has 0 radical (unpaired) electrons. The summed E-state index contributed by atoms with van der Waals surface area (Å²) in [6.45, 7) is 1.92. The fourth-order valence-electron chi connectivity index (χ4n) is 2.07. The molecule has 1 atom stereocenters. The van der Waals surface area contributed by atoms with Crippen molar-refractivity contribution in [3.63, 3.8) is 0 Å². The normalized spacial score (nSPS) is 11.6. The summed E-state index contributed by atoms with van der Waals surface area (Å²) >= 11 is 1.23. The van der Waals surface area contributed by atoms with Crippen LogP contribution in [0.15, 0.2) is 54.6 Å². The third-order valence-corrected chi connectivity index (χ3v) is 4.20. The minimum Gasteiger partial charge on any atom is -0.349 e. The van der Waals surface area contributed by atoms with Crippen molar-refractivity contribution in [1.29, 1.82) is 0 Å². The van der Waals surface area contributed by atoms with Crippen molar-refractivity contribution >= 4 is 29.3 Å². The summed E-state index contributed by atoms with van der Waals surface area (Å²) in [5.74, 6) is -0.341. The molecule has 126 valence electrons. The zero-order valence-corrected chi connectivity index (χ0v) is 14.1. The number of nitrogens with one attached hydrogen (secondary N) is 2. The number of amides is 2. The first-order valence-electron chi connectivity index (χ1n) is 7.52. The molecule has 2 aromatic carbocycles. The van der Waals surface area contributed by atoms with E-state index in [-0.39, 0.29) is 35.2 Å². The summed E-state index contributed by atoms with van der Waals surface area (Å²) in [5.41, 5.74) is 1.56. The molecular weight excluding hydrogens is 327 g/mol.